The fraction of sp³-hybridized carbons (Fsp3) is 0.412. The fourth-order valence-electron chi connectivity index (χ4n) is 8.80. The van der Waals surface area contributed by atoms with E-state index in [1.807, 2.05) is 36.4 Å². The number of unbranched alkanes of at least 4 members (excludes halogenated alkanes) is 2. The predicted octanol–water partition coefficient (Wildman–Crippen LogP) is 6.86. The van der Waals surface area contributed by atoms with Crippen LogP contribution >= 0.6 is 0 Å². The minimum absolute atomic E-state index is 0.00273. The van der Waals surface area contributed by atoms with Crippen molar-refractivity contribution in [3.05, 3.63) is 117 Å². The number of nitrogen functional groups attached to an aromatic ring is 1. The van der Waals surface area contributed by atoms with Crippen LogP contribution in [0.3, 0.4) is 0 Å². The lowest BCUT2D eigenvalue weighted by Crippen LogP contribution is -2.46. The second-order valence-corrected chi connectivity index (χ2v) is 18.9. The largest absolute Gasteiger partial charge is 0.493 e. The molecule has 0 spiro atoms. The SMILES string of the molecule is COc1cc2occ(CCCCN3CCN(c4cccc(N)c4)CC3)c(=O)c2cc1OC.COc1cc2occ(CCCCN3CCN(c4cccc(NS(C)(=O)=O)c4)CC3)c(=O)c2cc1OC. The van der Waals surface area contributed by atoms with Gasteiger partial charge in [-0.15, -0.1) is 0 Å². The Kier molecular flexibility index (Phi) is 16.8. The first-order chi connectivity index (χ1) is 32.9. The molecule has 2 aliphatic heterocycles. The van der Waals surface area contributed by atoms with Gasteiger partial charge in [-0.05, 0) is 100 Å². The Balaban J connectivity index is 0.000000203. The van der Waals surface area contributed by atoms with Crippen molar-refractivity contribution in [2.24, 2.45) is 0 Å². The number of piperazine rings is 2. The molecule has 2 aromatic heterocycles. The van der Waals surface area contributed by atoms with E-state index in [1.54, 1.807) is 71.3 Å². The smallest absolute Gasteiger partial charge is 0.229 e. The van der Waals surface area contributed by atoms with Gasteiger partial charge in [-0.3, -0.25) is 24.1 Å². The molecule has 0 radical (unpaired) electrons. The second kappa shape index (κ2) is 23.0. The maximum atomic E-state index is 13.0. The van der Waals surface area contributed by atoms with Crippen LogP contribution in [0.5, 0.6) is 23.0 Å². The van der Waals surface area contributed by atoms with Crippen LogP contribution in [0, 0.1) is 0 Å². The standard InChI is InChI=1S/C26H33N3O6S.C25H31N3O4/c1-33-24-16-22-23(17-25(24)34-2)35-18-19(26(22)30)7-4-5-10-28-11-13-29(14-12-28)21-9-6-8-20(15-21)27-36(3,31)32;1-30-23-15-21-22(16-24(23)31-2)32-17-18(25(21)29)6-3-4-9-27-10-12-28(13-11-27)20-8-5-7-19(26)14-20/h6,8-9,15-18,27H,4-5,7,10-14H2,1-3H3;5,7-8,14-17H,3-4,6,9-13,26H2,1-2H3. The van der Waals surface area contributed by atoms with Gasteiger partial charge in [-0.25, -0.2) is 8.42 Å². The molecule has 17 heteroatoms. The Morgan fingerprint density at radius 3 is 1.43 bits per heavy atom. The zero-order chi connectivity index (χ0) is 48.2. The van der Waals surface area contributed by atoms with E-state index in [0.29, 0.717) is 74.6 Å². The minimum atomic E-state index is -3.30. The summed E-state index contributed by atoms with van der Waals surface area (Å²) in [4.78, 5) is 35.4. The Hall–Kier alpha value is -6.43. The summed E-state index contributed by atoms with van der Waals surface area (Å²) < 4.78 is 58.2. The predicted molar refractivity (Wildman–Crippen MR) is 270 cm³/mol. The number of aryl methyl sites for hydroxylation is 2. The molecule has 2 fully saturated rings. The number of ether oxygens (including phenoxy) is 4. The average molecular weight is 953 g/mol. The highest BCUT2D eigenvalue weighted by Crippen LogP contribution is 2.32. The molecule has 4 aromatic carbocycles. The number of benzene rings is 4. The van der Waals surface area contributed by atoms with Crippen LogP contribution in [0.15, 0.2) is 104 Å². The lowest BCUT2D eigenvalue weighted by atomic mass is 10.1. The van der Waals surface area contributed by atoms with E-state index in [2.05, 4.69) is 30.4 Å². The molecular weight excluding hydrogens is 889 g/mol. The summed E-state index contributed by atoms with van der Waals surface area (Å²) in [6, 6.07) is 22.3. The summed E-state index contributed by atoms with van der Waals surface area (Å²) in [7, 11) is 2.92. The van der Waals surface area contributed by atoms with Gasteiger partial charge in [0.1, 0.15) is 11.2 Å². The van der Waals surface area contributed by atoms with Gasteiger partial charge >= 0.3 is 0 Å². The lowest BCUT2D eigenvalue weighted by Gasteiger charge is -2.36. The lowest BCUT2D eigenvalue weighted by molar-refractivity contribution is 0.253. The highest BCUT2D eigenvalue weighted by molar-refractivity contribution is 7.92. The van der Waals surface area contributed by atoms with Crippen LogP contribution in [0.25, 0.3) is 21.9 Å². The van der Waals surface area contributed by atoms with Crippen molar-refractivity contribution in [1.29, 1.82) is 0 Å². The summed E-state index contributed by atoms with van der Waals surface area (Å²) in [6.07, 6.45) is 9.52. The summed E-state index contributed by atoms with van der Waals surface area (Å²) in [6.45, 7) is 9.70. The summed E-state index contributed by atoms with van der Waals surface area (Å²) in [5.41, 5.74) is 11.8. The molecule has 8 rings (SSSR count). The van der Waals surface area contributed by atoms with E-state index in [-0.39, 0.29) is 10.9 Å². The van der Waals surface area contributed by atoms with Crippen LogP contribution in [-0.2, 0) is 22.9 Å². The van der Waals surface area contributed by atoms with E-state index >= 15 is 0 Å². The van der Waals surface area contributed by atoms with Crippen LogP contribution < -0.4 is 50.1 Å². The van der Waals surface area contributed by atoms with Gasteiger partial charge in [0.15, 0.2) is 33.9 Å². The number of fused-ring (bicyclic) bond motifs is 2. The van der Waals surface area contributed by atoms with Crippen molar-refractivity contribution >= 4 is 54.7 Å². The molecule has 2 saturated heterocycles. The number of sulfonamides is 1. The molecule has 0 aliphatic carbocycles. The normalized spacial score (nSPS) is 14.7. The molecular formula is C51H64N6O10S. The molecule has 16 nitrogen and oxygen atoms in total. The van der Waals surface area contributed by atoms with Crippen molar-refractivity contribution in [1.82, 2.24) is 9.80 Å². The summed E-state index contributed by atoms with van der Waals surface area (Å²) >= 11 is 0. The molecule has 68 heavy (non-hydrogen) atoms. The zero-order valence-corrected chi connectivity index (χ0v) is 40.6. The maximum absolute atomic E-state index is 13.0. The third-order valence-electron chi connectivity index (χ3n) is 12.5. The van der Waals surface area contributed by atoms with Crippen molar-refractivity contribution in [2.45, 2.75) is 38.5 Å². The molecule has 364 valence electrons. The maximum Gasteiger partial charge on any atom is 0.229 e. The minimum Gasteiger partial charge on any atom is -0.493 e. The molecule has 0 saturated carbocycles. The Morgan fingerprint density at radius 1 is 0.574 bits per heavy atom. The van der Waals surface area contributed by atoms with Gasteiger partial charge in [-0.2, -0.15) is 0 Å². The number of rotatable bonds is 18. The van der Waals surface area contributed by atoms with Gasteiger partial charge in [-0.1, -0.05) is 12.1 Å². The van der Waals surface area contributed by atoms with Crippen LogP contribution in [-0.4, -0.2) is 118 Å². The van der Waals surface area contributed by atoms with E-state index in [0.717, 1.165) is 109 Å². The molecule has 2 aliphatic rings. The topological polar surface area (TPSA) is 182 Å². The molecule has 3 N–H and O–H groups in total. The molecule has 6 aromatic rings. The van der Waals surface area contributed by atoms with Crippen molar-refractivity contribution in [3.8, 4) is 23.0 Å². The number of anilines is 4. The van der Waals surface area contributed by atoms with Gasteiger partial charge in [0.05, 0.1) is 63.7 Å². The number of nitrogens with zero attached hydrogens (tertiary/aromatic N) is 4. The second-order valence-electron chi connectivity index (χ2n) is 17.2. The van der Waals surface area contributed by atoms with Crippen molar-refractivity contribution in [2.75, 3.05) is 120 Å². The van der Waals surface area contributed by atoms with Crippen LogP contribution in [0.2, 0.25) is 0 Å². The first kappa shape index (κ1) is 49.5. The Labute approximate surface area is 398 Å². The molecule has 4 heterocycles. The average Bonchev–Trinajstić information content (AvgIpc) is 3.34. The number of nitrogens with two attached hydrogens (primary N) is 1. The third-order valence-corrected chi connectivity index (χ3v) is 13.1. The van der Waals surface area contributed by atoms with E-state index in [1.165, 1.54) is 5.69 Å². The molecule has 0 amide bonds. The van der Waals surface area contributed by atoms with Gasteiger partial charge < -0.3 is 43.3 Å². The van der Waals surface area contributed by atoms with E-state index < -0.39 is 10.0 Å². The molecule has 0 unspecified atom stereocenters. The quantitative estimate of drug-likeness (QED) is 0.0673. The van der Waals surface area contributed by atoms with Gasteiger partial charge in [0.25, 0.3) is 0 Å². The van der Waals surface area contributed by atoms with E-state index in [9.17, 15) is 18.0 Å². The number of methoxy groups -OCH3 is 4. The van der Waals surface area contributed by atoms with Gasteiger partial charge in [0.2, 0.25) is 10.0 Å². The van der Waals surface area contributed by atoms with Crippen molar-refractivity contribution < 1.29 is 36.2 Å². The fourth-order valence-corrected chi connectivity index (χ4v) is 9.36. The number of hydrogen-bond donors (Lipinski definition) is 2. The third kappa shape index (κ3) is 12.8. The highest BCUT2D eigenvalue weighted by atomic mass is 32.2. The molecule has 0 atom stereocenters. The first-order valence-electron chi connectivity index (χ1n) is 23.1. The first-order valence-corrected chi connectivity index (χ1v) is 25.0. The Bertz CT molecular complexity index is 2870. The van der Waals surface area contributed by atoms with Gasteiger partial charge in [0, 0.05) is 92.7 Å². The van der Waals surface area contributed by atoms with E-state index in [4.69, 9.17) is 33.5 Å². The van der Waals surface area contributed by atoms with Crippen molar-refractivity contribution in [3.63, 3.8) is 0 Å². The van der Waals surface area contributed by atoms with Crippen LogP contribution in [0.1, 0.15) is 36.8 Å². The highest BCUT2D eigenvalue weighted by Gasteiger charge is 2.20. The number of nitrogens with one attached hydrogen (secondary N) is 1. The molecule has 0 bridgehead atoms. The summed E-state index contributed by atoms with van der Waals surface area (Å²) in [5, 5.41) is 1.02. The Morgan fingerprint density at radius 2 is 1.00 bits per heavy atom. The zero-order valence-electron chi connectivity index (χ0n) is 39.8. The monoisotopic (exact) mass is 952 g/mol. The van der Waals surface area contributed by atoms with Crippen LogP contribution in [0.4, 0.5) is 22.7 Å². The summed E-state index contributed by atoms with van der Waals surface area (Å²) in [5.74, 6) is 2.11. The number of hydrogen-bond acceptors (Lipinski definition) is 15.